The monoisotopic (exact) mass is 282 g/mol. The van der Waals surface area contributed by atoms with Crippen LogP contribution in [0.3, 0.4) is 0 Å². The molecule has 20 heavy (non-hydrogen) atoms. The van der Waals surface area contributed by atoms with Crippen LogP contribution in [0.4, 0.5) is 4.39 Å². The molecule has 0 heterocycles. The first-order valence-corrected chi connectivity index (χ1v) is 6.36. The lowest BCUT2D eigenvalue weighted by molar-refractivity contribution is -0.125. The van der Waals surface area contributed by atoms with Crippen molar-refractivity contribution in [1.82, 2.24) is 10.6 Å². The minimum absolute atomic E-state index is 0.0910. The summed E-state index contributed by atoms with van der Waals surface area (Å²) in [7, 11) is 0. The SMILES string of the molecule is CC(=O)NCC(=O)NC(C)CC(O)c1ccc(F)cc1. The minimum Gasteiger partial charge on any atom is -0.388 e. The van der Waals surface area contributed by atoms with Gasteiger partial charge in [-0.15, -0.1) is 0 Å². The van der Waals surface area contributed by atoms with E-state index in [0.29, 0.717) is 12.0 Å². The lowest BCUT2D eigenvalue weighted by Crippen LogP contribution is -2.40. The third-order valence-electron chi connectivity index (χ3n) is 2.74. The van der Waals surface area contributed by atoms with Crippen LogP contribution in [-0.4, -0.2) is 29.5 Å². The van der Waals surface area contributed by atoms with E-state index in [1.54, 1.807) is 6.92 Å². The normalized spacial score (nSPS) is 13.4. The Kier molecular flexibility index (Phi) is 6.11. The van der Waals surface area contributed by atoms with Gasteiger partial charge in [0, 0.05) is 13.0 Å². The number of aliphatic hydroxyl groups excluding tert-OH is 1. The second-order valence-corrected chi connectivity index (χ2v) is 4.68. The highest BCUT2D eigenvalue weighted by Gasteiger charge is 2.14. The predicted octanol–water partition coefficient (Wildman–Crippen LogP) is 0.890. The molecule has 0 saturated heterocycles. The molecule has 0 spiro atoms. The zero-order chi connectivity index (χ0) is 15.1. The molecule has 1 aromatic rings. The molecule has 2 atom stereocenters. The summed E-state index contributed by atoms with van der Waals surface area (Å²) in [5.74, 6) is -0.962. The van der Waals surface area contributed by atoms with Crippen molar-refractivity contribution in [2.75, 3.05) is 6.54 Å². The summed E-state index contributed by atoms with van der Waals surface area (Å²) in [6.45, 7) is 2.99. The molecule has 2 unspecified atom stereocenters. The van der Waals surface area contributed by atoms with Crippen molar-refractivity contribution in [3.63, 3.8) is 0 Å². The number of carbonyl (C=O) groups excluding carboxylic acids is 2. The van der Waals surface area contributed by atoms with E-state index < -0.39 is 6.10 Å². The third-order valence-corrected chi connectivity index (χ3v) is 2.74. The first kappa shape index (κ1) is 16.1. The molecule has 110 valence electrons. The van der Waals surface area contributed by atoms with E-state index in [-0.39, 0.29) is 30.2 Å². The van der Waals surface area contributed by atoms with E-state index in [9.17, 15) is 19.1 Å². The number of aliphatic hydroxyl groups is 1. The first-order valence-electron chi connectivity index (χ1n) is 6.36. The van der Waals surface area contributed by atoms with E-state index in [1.807, 2.05) is 0 Å². The van der Waals surface area contributed by atoms with Gasteiger partial charge in [0.15, 0.2) is 0 Å². The van der Waals surface area contributed by atoms with Gasteiger partial charge in [0.25, 0.3) is 0 Å². The summed E-state index contributed by atoms with van der Waals surface area (Å²) >= 11 is 0. The Balaban J connectivity index is 2.41. The summed E-state index contributed by atoms with van der Waals surface area (Å²) in [4.78, 5) is 22.1. The fourth-order valence-electron chi connectivity index (χ4n) is 1.75. The van der Waals surface area contributed by atoms with Crippen molar-refractivity contribution in [2.45, 2.75) is 32.4 Å². The maximum Gasteiger partial charge on any atom is 0.239 e. The first-order chi connectivity index (χ1) is 9.38. The Bertz CT molecular complexity index is 462. The number of carbonyl (C=O) groups is 2. The number of hydrogen-bond acceptors (Lipinski definition) is 3. The number of benzene rings is 1. The number of hydrogen-bond donors (Lipinski definition) is 3. The van der Waals surface area contributed by atoms with Crippen LogP contribution in [0.15, 0.2) is 24.3 Å². The van der Waals surface area contributed by atoms with Crippen LogP contribution in [0.5, 0.6) is 0 Å². The van der Waals surface area contributed by atoms with E-state index >= 15 is 0 Å². The molecule has 0 saturated carbocycles. The van der Waals surface area contributed by atoms with Gasteiger partial charge in [-0.3, -0.25) is 9.59 Å². The van der Waals surface area contributed by atoms with E-state index in [4.69, 9.17) is 0 Å². The lowest BCUT2D eigenvalue weighted by Gasteiger charge is -2.18. The van der Waals surface area contributed by atoms with Crippen LogP contribution in [0, 0.1) is 5.82 Å². The molecule has 2 amide bonds. The molecule has 0 aromatic heterocycles. The van der Waals surface area contributed by atoms with Gasteiger partial charge in [0.2, 0.25) is 11.8 Å². The van der Waals surface area contributed by atoms with Crippen LogP contribution in [0.25, 0.3) is 0 Å². The number of halogens is 1. The van der Waals surface area contributed by atoms with Crippen LogP contribution >= 0.6 is 0 Å². The molecule has 1 aromatic carbocycles. The smallest absolute Gasteiger partial charge is 0.239 e. The molecule has 0 radical (unpaired) electrons. The maximum absolute atomic E-state index is 12.8. The Morgan fingerprint density at radius 3 is 2.45 bits per heavy atom. The molecule has 1 rings (SSSR count). The fraction of sp³-hybridized carbons (Fsp3) is 0.429. The van der Waals surface area contributed by atoms with Gasteiger partial charge in [-0.2, -0.15) is 0 Å². The van der Waals surface area contributed by atoms with E-state index in [0.717, 1.165) is 0 Å². The lowest BCUT2D eigenvalue weighted by atomic mass is 10.0. The number of nitrogens with one attached hydrogen (secondary N) is 2. The third kappa shape index (κ3) is 5.79. The topological polar surface area (TPSA) is 78.4 Å². The molecular weight excluding hydrogens is 263 g/mol. The van der Waals surface area contributed by atoms with Gasteiger partial charge in [-0.05, 0) is 31.0 Å². The van der Waals surface area contributed by atoms with Gasteiger partial charge >= 0.3 is 0 Å². The standard InChI is InChI=1S/C14H19FN2O3/c1-9(17-14(20)8-16-10(2)18)7-13(19)11-3-5-12(15)6-4-11/h3-6,9,13,19H,7-8H2,1-2H3,(H,16,18)(H,17,20). The Hall–Kier alpha value is -1.95. The molecule has 6 heteroatoms. The molecule has 5 nitrogen and oxygen atoms in total. The van der Waals surface area contributed by atoms with Gasteiger partial charge < -0.3 is 15.7 Å². The Morgan fingerprint density at radius 1 is 1.30 bits per heavy atom. The van der Waals surface area contributed by atoms with Crippen LogP contribution in [-0.2, 0) is 9.59 Å². The predicted molar refractivity (Wildman–Crippen MR) is 72.3 cm³/mol. The van der Waals surface area contributed by atoms with Crippen molar-refractivity contribution in [3.05, 3.63) is 35.6 Å². The highest BCUT2D eigenvalue weighted by atomic mass is 19.1. The molecule has 0 aliphatic carbocycles. The second kappa shape index (κ2) is 7.59. The Labute approximate surface area is 117 Å². The van der Waals surface area contributed by atoms with Crippen molar-refractivity contribution in [1.29, 1.82) is 0 Å². The average molecular weight is 282 g/mol. The highest BCUT2D eigenvalue weighted by molar-refractivity contribution is 5.83. The van der Waals surface area contributed by atoms with Crippen LogP contribution in [0.1, 0.15) is 31.9 Å². The Morgan fingerprint density at radius 2 is 1.90 bits per heavy atom. The van der Waals surface area contributed by atoms with Crippen molar-refractivity contribution in [3.8, 4) is 0 Å². The van der Waals surface area contributed by atoms with Gasteiger partial charge in [0.05, 0.1) is 12.6 Å². The highest BCUT2D eigenvalue weighted by Crippen LogP contribution is 2.18. The summed E-state index contributed by atoms with van der Waals surface area (Å²) in [5.41, 5.74) is 0.592. The second-order valence-electron chi connectivity index (χ2n) is 4.68. The minimum atomic E-state index is -0.785. The summed E-state index contributed by atoms with van der Waals surface area (Å²) in [6, 6.07) is 5.30. The average Bonchev–Trinajstić information content (AvgIpc) is 2.36. The van der Waals surface area contributed by atoms with E-state index in [1.165, 1.54) is 31.2 Å². The molecular formula is C14H19FN2O3. The van der Waals surface area contributed by atoms with Crippen molar-refractivity contribution >= 4 is 11.8 Å². The van der Waals surface area contributed by atoms with Crippen LogP contribution in [0.2, 0.25) is 0 Å². The molecule has 0 bridgehead atoms. The number of amides is 2. The van der Waals surface area contributed by atoms with Crippen molar-refractivity contribution in [2.24, 2.45) is 0 Å². The number of rotatable bonds is 6. The summed E-state index contributed by atoms with van der Waals surface area (Å²) < 4.78 is 12.8. The van der Waals surface area contributed by atoms with Crippen LogP contribution < -0.4 is 10.6 Å². The largest absolute Gasteiger partial charge is 0.388 e. The zero-order valence-corrected chi connectivity index (χ0v) is 11.5. The van der Waals surface area contributed by atoms with Gasteiger partial charge in [-0.25, -0.2) is 4.39 Å². The molecule has 0 fully saturated rings. The van der Waals surface area contributed by atoms with Crippen molar-refractivity contribution < 1.29 is 19.1 Å². The summed E-state index contributed by atoms with van der Waals surface area (Å²) in [5, 5.41) is 15.0. The zero-order valence-electron chi connectivity index (χ0n) is 11.5. The van der Waals surface area contributed by atoms with E-state index in [2.05, 4.69) is 10.6 Å². The fourth-order valence-corrected chi connectivity index (χ4v) is 1.75. The quantitative estimate of drug-likeness (QED) is 0.725. The van der Waals surface area contributed by atoms with Gasteiger partial charge in [-0.1, -0.05) is 12.1 Å². The van der Waals surface area contributed by atoms with Gasteiger partial charge in [0.1, 0.15) is 5.82 Å². The maximum atomic E-state index is 12.8. The summed E-state index contributed by atoms with van der Waals surface area (Å²) in [6.07, 6.45) is -0.482. The molecule has 0 aliphatic rings. The molecule has 0 aliphatic heterocycles. The molecule has 3 N–H and O–H groups in total.